The molecule has 2 heterocycles. The largest absolute Gasteiger partial charge is 0.393 e. The first kappa shape index (κ1) is 36.6. The van der Waals surface area contributed by atoms with Crippen molar-refractivity contribution >= 4 is 23.2 Å². The number of rotatable bonds is 5. The summed E-state index contributed by atoms with van der Waals surface area (Å²) < 4.78 is 17.3. The van der Waals surface area contributed by atoms with Crippen LogP contribution in [-0.4, -0.2) is 54.3 Å². The van der Waals surface area contributed by atoms with Crippen LogP contribution < -0.4 is 11.1 Å². The number of benzene rings is 2. The average molecular weight is 708 g/mol. The van der Waals surface area contributed by atoms with Crippen LogP contribution in [0.3, 0.4) is 0 Å². The number of hydrogen-bond donors (Lipinski definition) is 3. The number of aromatic nitrogens is 4. The van der Waals surface area contributed by atoms with Gasteiger partial charge in [-0.1, -0.05) is 27.7 Å². The third kappa shape index (κ3) is 7.28. The molecule has 3 aliphatic rings. The molecule has 2 aromatic heterocycles. The Kier molecular flexibility index (Phi) is 9.70. The molecular weight excluding hydrogens is 661 g/mol. The molecule has 0 aliphatic heterocycles. The molecular formula is C40H46FN7O4. The third-order valence-electron chi connectivity index (χ3n) is 10.3. The molecule has 0 atom stereocenters. The fourth-order valence-electron chi connectivity index (χ4n) is 7.87. The predicted octanol–water partition coefficient (Wildman–Crippen LogP) is 6.50. The predicted molar refractivity (Wildman–Crippen MR) is 195 cm³/mol. The summed E-state index contributed by atoms with van der Waals surface area (Å²) in [5.74, 6) is -0.847. The van der Waals surface area contributed by atoms with Crippen molar-refractivity contribution in [3.8, 4) is 17.4 Å². The summed E-state index contributed by atoms with van der Waals surface area (Å²) in [6, 6.07) is 11.8. The smallest absolute Gasteiger partial charge is 0.250 e. The molecule has 4 aromatic rings. The van der Waals surface area contributed by atoms with Crippen molar-refractivity contribution in [3.05, 3.63) is 87.2 Å². The number of amides is 1. The van der Waals surface area contributed by atoms with E-state index in [-0.39, 0.29) is 40.1 Å². The van der Waals surface area contributed by atoms with Crippen LogP contribution in [0.5, 0.6) is 0 Å². The molecule has 0 radical (unpaired) electrons. The molecule has 0 spiro atoms. The summed E-state index contributed by atoms with van der Waals surface area (Å²) in [4.78, 5) is 37.1. The first-order valence-corrected chi connectivity index (χ1v) is 17.8. The van der Waals surface area contributed by atoms with Gasteiger partial charge in [0.2, 0.25) is 0 Å². The van der Waals surface area contributed by atoms with E-state index in [1.165, 1.54) is 12.1 Å². The molecule has 3 aliphatic carbocycles. The monoisotopic (exact) mass is 707 g/mol. The van der Waals surface area contributed by atoms with E-state index in [1.807, 2.05) is 37.6 Å². The minimum atomic E-state index is -0.580. The molecule has 272 valence electrons. The summed E-state index contributed by atoms with van der Waals surface area (Å²) >= 11 is 0. The molecule has 0 bridgehead atoms. The Labute approximate surface area is 303 Å². The number of aliphatic hydroxyl groups excluding tert-OH is 1. The van der Waals surface area contributed by atoms with Crippen molar-refractivity contribution in [1.29, 1.82) is 5.26 Å². The zero-order valence-corrected chi connectivity index (χ0v) is 30.6. The Balaban J connectivity index is 0.000000187. The minimum Gasteiger partial charge on any atom is -0.393 e. The van der Waals surface area contributed by atoms with Crippen LogP contribution in [-0.2, 0) is 12.8 Å². The minimum absolute atomic E-state index is 0.00194. The van der Waals surface area contributed by atoms with Gasteiger partial charge in [-0.05, 0) is 93.5 Å². The Morgan fingerprint density at radius 2 is 1.37 bits per heavy atom. The summed E-state index contributed by atoms with van der Waals surface area (Å²) in [6.07, 6.45) is 5.39. The van der Waals surface area contributed by atoms with Gasteiger partial charge in [0.15, 0.2) is 11.6 Å². The van der Waals surface area contributed by atoms with Gasteiger partial charge in [0.1, 0.15) is 11.9 Å². The number of primary amides is 1. The topological polar surface area (TPSA) is 169 Å². The average Bonchev–Trinajstić information content (AvgIpc) is 3.56. The number of hydrogen-bond acceptors (Lipinski definition) is 8. The van der Waals surface area contributed by atoms with Gasteiger partial charge in [0, 0.05) is 30.6 Å². The van der Waals surface area contributed by atoms with E-state index < -0.39 is 11.7 Å². The molecule has 1 saturated carbocycles. The number of nitriles is 1. The number of fused-ring (bicyclic) bond motifs is 2. The number of aryl methyl sites for hydroxylation is 2. The number of halogens is 1. The second-order valence-electron chi connectivity index (χ2n) is 16.0. The van der Waals surface area contributed by atoms with Crippen LogP contribution in [0.2, 0.25) is 0 Å². The van der Waals surface area contributed by atoms with Gasteiger partial charge in [0.25, 0.3) is 5.91 Å². The lowest BCUT2D eigenvalue weighted by Gasteiger charge is -2.29. The number of anilines is 1. The zero-order chi connectivity index (χ0) is 37.7. The van der Waals surface area contributed by atoms with Gasteiger partial charge in [-0.3, -0.25) is 14.4 Å². The second kappa shape index (κ2) is 13.8. The number of Topliss-reactive ketones (excluding diaryl/α,β-unsaturated/α-hetero) is 2. The number of carbonyl (C=O) groups is 3. The van der Waals surface area contributed by atoms with Gasteiger partial charge in [-0.15, -0.1) is 0 Å². The van der Waals surface area contributed by atoms with E-state index in [0.717, 1.165) is 60.4 Å². The van der Waals surface area contributed by atoms with Crippen molar-refractivity contribution in [2.75, 3.05) is 5.32 Å². The lowest BCUT2D eigenvalue weighted by molar-refractivity contribution is 0.0900. The van der Waals surface area contributed by atoms with E-state index in [2.05, 4.69) is 29.4 Å². The molecule has 2 aromatic carbocycles. The molecule has 0 unspecified atom stereocenters. The number of nitrogens with one attached hydrogen (secondary N) is 1. The third-order valence-corrected chi connectivity index (χ3v) is 10.3. The normalized spacial score (nSPS) is 20.2. The van der Waals surface area contributed by atoms with Crippen molar-refractivity contribution in [2.45, 2.75) is 105 Å². The number of nitrogens with two attached hydrogens (primary N) is 1. The van der Waals surface area contributed by atoms with Gasteiger partial charge in [0.05, 0.1) is 62.5 Å². The molecule has 0 saturated heterocycles. The Morgan fingerprint density at radius 1 is 0.865 bits per heavy atom. The van der Waals surface area contributed by atoms with Gasteiger partial charge in [-0.25, -0.2) is 13.8 Å². The zero-order valence-electron chi connectivity index (χ0n) is 30.6. The maximum absolute atomic E-state index is 13.9. The number of nitrogens with zero attached hydrogens (tertiary/aromatic N) is 5. The van der Waals surface area contributed by atoms with Crippen molar-refractivity contribution in [1.82, 2.24) is 19.6 Å². The number of aliphatic hydroxyl groups is 1. The molecule has 11 nitrogen and oxygen atoms in total. The molecule has 52 heavy (non-hydrogen) atoms. The second-order valence-corrected chi connectivity index (χ2v) is 16.0. The van der Waals surface area contributed by atoms with Crippen LogP contribution in [0.1, 0.15) is 126 Å². The van der Waals surface area contributed by atoms with Crippen LogP contribution in [0.4, 0.5) is 10.1 Å². The van der Waals surface area contributed by atoms with E-state index in [4.69, 9.17) is 11.0 Å². The van der Waals surface area contributed by atoms with E-state index in [1.54, 1.807) is 29.8 Å². The van der Waals surface area contributed by atoms with E-state index in [9.17, 15) is 23.9 Å². The molecule has 4 N–H and O–H groups in total. The Morgan fingerprint density at radius 3 is 1.85 bits per heavy atom. The summed E-state index contributed by atoms with van der Waals surface area (Å²) in [5, 5.41) is 31.1. The van der Waals surface area contributed by atoms with Crippen molar-refractivity contribution < 1.29 is 23.9 Å². The lowest BCUT2D eigenvalue weighted by atomic mass is 9.75. The van der Waals surface area contributed by atoms with Gasteiger partial charge in [-0.2, -0.15) is 15.5 Å². The highest BCUT2D eigenvalue weighted by Crippen LogP contribution is 2.39. The molecule has 7 rings (SSSR count). The maximum Gasteiger partial charge on any atom is 0.250 e. The summed E-state index contributed by atoms with van der Waals surface area (Å²) in [6.45, 7) is 11.9. The highest BCUT2D eigenvalue weighted by atomic mass is 19.1. The van der Waals surface area contributed by atoms with Crippen LogP contribution in [0.15, 0.2) is 36.4 Å². The summed E-state index contributed by atoms with van der Waals surface area (Å²) in [5.41, 5.74) is 12.3. The molecule has 1 amide bonds. The van der Waals surface area contributed by atoms with E-state index in [0.29, 0.717) is 47.5 Å². The van der Waals surface area contributed by atoms with Crippen molar-refractivity contribution in [3.63, 3.8) is 0 Å². The molecule has 12 heteroatoms. The number of ketones is 2. The summed E-state index contributed by atoms with van der Waals surface area (Å²) in [7, 11) is 0. The number of carbonyl (C=O) groups excluding carboxylic acids is 3. The quantitative estimate of drug-likeness (QED) is 0.211. The first-order valence-electron chi connectivity index (χ1n) is 17.8. The van der Waals surface area contributed by atoms with Gasteiger partial charge < -0.3 is 16.2 Å². The lowest BCUT2D eigenvalue weighted by Crippen LogP contribution is -2.29. The molecule has 1 fully saturated rings. The van der Waals surface area contributed by atoms with Crippen LogP contribution >= 0.6 is 0 Å². The van der Waals surface area contributed by atoms with E-state index >= 15 is 0 Å². The highest BCUT2D eigenvalue weighted by molar-refractivity contribution is 6.01. The Bertz CT molecular complexity index is 2130. The van der Waals surface area contributed by atoms with Gasteiger partial charge >= 0.3 is 0 Å². The fraction of sp³-hybridized carbons (Fsp3) is 0.450. The standard InChI is InChI=1S/C23H30N4O3.C17H16FN3O/c1-13-21-19(11-23(2,3)12-20(21)29)27(26-13)15-6-9-17(22(24)30)18(10-15)25-14-4-7-16(28)8-5-14;1-10-16-14(7-17(2,3)8-15(16)22)21(20-10)12-5-4-11(9-19)13(18)6-12/h6,9-10,14,16,25,28H,4-5,7-8,11-12H2,1-3H3,(H2,24,30);4-6H,7-8H2,1-3H3. The first-order chi connectivity index (χ1) is 24.5. The maximum atomic E-state index is 13.9. The Hall–Kier alpha value is -5.15. The highest BCUT2D eigenvalue weighted by Gasteiger charge is 2.37. The SMILES string of the molecule is Cc1nn(-c2ccc(C#N)c(F)c2)c2c1C(=O)CC(C)(C)C2.Cc1nn(-c2ccc(C(N)=O)c(NC3CCC(O)CC3)c2)c2c1C(=O)CC(C)(C)C2. The fourth-order valence-corrected chi connectivity index (χ4v) is 7.87. The van der Waals surface area contributed by atoms with Crippen molar-refractivity contribution in [2.24, 2.45) is 16.6 Å². The van der Waals surface area contributed by atoms with Crippen LogP contribution in [0, 0.1) is 41.8 Å². The van der Waals surface area contributed by atoms with Crippen LogP contribution in [0.25, 0.3) is 11.4 Å².